The molecule has 0 amide bonds. The van der Waals surface area contributed by atoms with Crippen LogP contribution in [0.4, 0.5) is 0 Å². The van der Waals surface area contributed by atoms with Gasteiger partial charge in [0, 0.05) is 16.7 Å². The molecule has 0 aromatic carbocycles. The molecule has 0 unspecified atom stereocenters. The van der Waals surface area contributed by atoms with Crippen LogP contribution in [0.15, 0.2) is 22.8 Å². The van der Waals surface area contributed by atoms with E-state index in [-0.39, 0.29) is 0 Å². The second-order valence-electron chi connectivity index (χ2n) is 3.63. The van der Waals surface area contributed by atoms with E-state index in [9.17, 15) is 0 Å². The largest absolute Gasteiger partial charge is 0.474 e. The van der Waals surface area contributed by atoms with Gasteiger partial charge in [0.25, 0.3) is 0 Å². The van der Waals surface area contributed by atoms with Gasteiger partial charge in [-0.3, -0.25) is 0 Å². The van der Waals surface area contributed by atoms with Crippen molar-refractivity contribution in [3.63, 3.8) is 0 Å². The Labute approximate surface area is 91.8 Å². The highest BCUT2D eigenvalue weighted by atomic mass is 79.9. The Hall–Kier alpha value is -0.610. The van der Waals surface area contributed by atoms with Crippen molar-refractivity contribution in [2.24, 2.45) is 11.7 Å². The number of hydrogen-bond acceptors (Lipinski definition) is 3. The van der Waals surface area contributed by atoms with Gasteiger partial charge in [-0.1, -0.05) is 0 Å². The third-order valence-corrected chi connectivity index (χ3v) is 2.98. The molecule has 3 nitrogen and oxygen atoms in total. The van der Waals surface area contributed by atoms with Crippen LogP contribution in [0.1, 0.15) is 12.8 Å². The number of nitrogens with two attached hydrogens (primary N) is 1. The van der Waals surface area contributed by atoms with Crippen molar-refractivity contribution >= 4 is 15.9 Å². The van der Waals surface area contributed by atoms with Gasteiger partial charge in [-0.2, -0.15) is 0 Å². The van der Waals surface area contributed by atoms with Crippen molar-refractivity contribution in [3.05, 3.63) is 22.8 Å². The van der Waals surface area contributed by atoms with Gasteiger partial charge in [0.05, 0.1) is 0 Å². The van der Waals surface area contributed by atoms with E-state index in [4.69, 9.17) is 10.5 Å². The second-order valence-corrected chi connectivity index (χ2v) is 4.54. The van der Waals surface area contributed by atoms with Crippen LogP contribution in [0.25, 0.3) is 0 Å². The Kier molecular flexibility index (Phi) is 3.03. The highest BCUT2D eigenvalue weighted by molar-refractivity contribution is 9.10. The normalized spacial score (nSPS) is 25.6. The maximum Gasteiger partial charge on any atom is 0.213 e. The second kappa shape index (κ2) is 4.28. The molecule has 1 aromatic rings. The number of aromatic nitrogens is 1. The molecule has 2 N–H and O–H groups in total. The van der Waals surface area contributed by atoms with E-state index in [2.05, 4.69) is 20.9 Å². The smallest absolute Gasteiger partial charge is 0.213 e. The first-order valence-corrected chi connectivity index (χ1v) is 5.55. The van der Waals surface area contributed by atoms with Crippen LogP contribution < -0.4 is 10.5 Å². The van der Waals surface area contributed by atoms with Crippen LogP contribution in [0, 0.1) is 5.92 Å². The van der Waals surface area contributed by atoms with Crippen LogP contribution >= 0.6 is 15.9 Å². The molecule has 2 rings (SSSR count). The lowest BCUT2D eigenvalue weighted by atomic mass is 9.82. The van der Waals surface area contributed by atoms with Crippen LogP contribution in [0.5, 0.6) is 5.88 Å². The van der Waals surface area contributed by atoms with Crippen molar-refractivity contribution < 1.29 is 4.74 Å². The van der Waals surface area contributed by atoms with Gasteiger partial charge in [0.1, 0.15) is 6.10 Å². The maximum absolute atomic E-state index is 5.65. The zero-order chi connectivity index (χ0) is 9.97. The highest BCUT2D eigenvalue weighted by Crippen LogP contribution is 2.29. The molecular formula is C10H13BrN2O. The van der Waals surface area contributed by atoms with Crippen LogP contribution in [-0.2, 0) is 0 Å². The van der Waals surface area contributed by atoms with E-state index >= 15 is 0 Å². The predicted molar refractivity (Wildman–Crippen MR) is 58.1 cm³/mol. The molecule has 4 heteroatoms. The molecule has 1 heterocycles. The van der Waals surface area contributed by atoms with E-state index in [0.29, 0.717) is 17.9 Å². The van der Waals surface area contributed by atoms with Crippen molar-refractivity contribution in [3.8, 4) is 5.88 Å². The topological polar surface area (TPSA) is 48.1 Å². The minimum atomic E-state index is 0.317. The number of ether oxygens (including phenoxy) is 1. The molecule has 0 aliphatic heterocycles. The molecule has 1 aromatic heterocycles. The maximum atomic E-state index is 5.65. The summed E-state index contributed by atoms with van der Waals surface area (Å²) in [6.45, 7) is 0.771. The molecule has 0 bridgehead atoms. The fraction of sp³-hybridized carbons (Fsp3) is 0.500. The van der Waals surface area contributed by atoms with Gasteiger partial charge in [0.15, 0.2) is 0 Å². The molecule has 0 saturated heterocycles. The quantitative estimate of drug-likeness (QED) is 0.900. The molecule has 0 spiro atoms. The first-order valence-electron chi connectivity index (χ1n) is 4.76. The lowest BCUT2D eigenvalue weighted by Gasteiger charge is -2.34. The standard InChI is InChI=1S/C10H13BrN2O/c11-8-1-2-10(13-6-8)14-9-3-7(4-9)5-12/h1-2,6-7,9H,3-5,12H2. The molecular weight excluding hydrogens is 244 g/mol. The fourth-order valence-electron chi connectivity index (χ4n) is 1.57. The Bertz CT molecular complexity index is 295. The average Bonchev–Trinajstić information content (AvgIpc) is 2.13. The van der Waals surface area contributed by atoms with Gasteiger partial charge in [-0.25, -0.2) is 4.98 Å². The summed E-state index contributed by atoms with van der Waals surface area (Å²) in [5.41, 5.74) is 5.53. The van der Waals surface area contributed by atoms with Gasteiger partial charge >= 0.3 is 0 Å². The van der Waals surface area contributed by atoms with E-state index in [1.807, 2.05) is 12.1 Å². The molecule has 76 valence electrons. The van der Waals surface area contributed by atoms with Gasteiger partial charge in [-0.05, 0) is 47.3 Å². The van der Waals surface area contributed by atoms with Crippen LogP contribution in [0.2, 0.25) is 0 Å². The van der Waals surface area contributed by atoms with E-state index < -0.39 is 0 Å². The number of pyridine rings is 1. The summed E-state index contributed by atoms with van der Waals surface area (Å²) < 4.78 is 6.62. The van der Waals surface area contributed by atoms with Crippen LogP contribution in [0.3, 0.4) is 0 Å². The summed E-state index contributed by atoms with van der Waals surface area (Å²) in [7, 11) is 0. The SMILES string of the molecule is NCC1CC(Oc2ccc(Br)cn2)C1. The molecule has 14 heavy (non-hydrogen) atoms. The Balaban J connectivity index is 1.84. The summed E-state index contributed by atoms with van der Waals surface area (Å²) in [5, 5.41) is 0. The molecule has 1 aliphatic rings. The molecule has 1 saturated carbocycles. The summed E-state index contributed by atoms with van der Waals surface area (Å²) in [5.74, 6) is 1.35. The summed E-state index contributed by atoms with van der Waals surface area (Å²) in [6, 6.07) is 3.81. The first kappa shape index (κ1) is 9.93. The molecule has 1 fully saturated rings. The van der Waals surface area contributed by atoms with Crippen molar-refractivity contribution in [2.45, 2.75) is 18.9 Å². The minimum absolute atomic E-state index is 0.317. The highest BCUT2D eigenvalue weighted by Gasteiger charge is 2.29. The van der Waals surface area contributed by atoms with Gasteiger partial charge in [-0.15, -0.1) is 0 Å². The van der Waals surface area contributed by atoms with Crippen LogP contribution in [-0.4, -0.2) is 17.6 Å². The number of rotatable bonds is 3. The Morgan fingerprint density at radius 3 is 2.86 bits per heavy atom. The fourth-order valence-corrected chi connectivity index (χ4v) is 1.80. The van der Waals surface area contributed by atoms with Gasteiger partial charge < -0.3 is 10.5 Å². The Morgan fingerprint density at radius 1 is 1.50 bits per heavy atom. The third-order valence-electron chi connectivity index (χ3n) is 2.51. The average molecular weight is 257 g/mol. The number of nitrogens with zero attached hydrogens (tertiary/aromatic N) is 1. The monoisotopic (exact) mass is 256 g/mol. The molecule has 0 radical (unpaired) electrons. The first-order chi connectivity index (χ1) is 6.78. The predicted octanol–water partition coefficient (Wildman–Crippen LogP) is 1.96. The van der Waals surface area contributed by atoms with Crippen molar-refractivity contribution in [2.75, 3.05) is 6.54 Å². The van der Waals surface area contributed by atoms with E-state index in [1.54, 1.807) is 6.20 Å². The zero-order valence-electron chi connectivity index (χ0n) is 7.82. The number of hydrogen-bond donors (Lipinski definition) is 1. The summed E-state index contributed by atoms with van der Waals surface area (Å²) in [6.07, 6.45) is 4.19. The van der Waals surface area contributed by atoms with Crippen molar-refractivity contribution in [1.82, 2.24) is 4.98 Å². The van der Waals surface area contributed by atoms with Gasteiger partial charge in [0.2, 0.25) is 5.88 Å². The minimum Gasteiger partial charge on any atom is -0.474 e. The summed E-state index contributed by atoms with van der Waals surface area (Å²) in [4.78, 5) is 4.15. The zero-order valence-corrected chi connectivity index (χ0v) is 9.40. The van der Waals surface area contributed by atoms with Crippen molar-refractivity contribution in [1.29, 1.82) is 0 Å². The molecule has 1 aliphatic carbocycles. The Morgan fingerprint density at radius 2 is 2.29 bits per heavy atom. The van der Waals surface area contributed by atoms with E-state index in [1.165, 1.54) is 0 Å². The lowest BCUT2D eigenvalue weighted by Crippen LogP contribution is -2.37. The third kappa shape index (κ3) is 2.25. The lowest BCUT2D eigenvalue weighted by molar-refractivity contribution is 0.0648. The summed E-state index contributed by atoms with van der Waals surface area (Å²) >= 11 is 3.33. The van der Waals surface area contributed by atoms with E-state index in [0.717, 1.165) is 23.9 Å². The molecule has 0 atom stereocenters. The number of halogens is 1.